The zero-order valence-electron chi connectivity index (χ0n) is 14.0. The molecule has 0 atom stereocenters. The lowest BCUT2D eigenvalue weighted by Gasteiger charge is -2.12. The molecule has 1 aliphatic carbocycles. The summed E-state index contributed by atoms with van der Waals surface area (Å²) in [6, 6.07) is 7.77. The molecule has 25 heavy (non-hydrogen) atoms. The lowest BCUT2D eigenvalue weighted by Crippen LogP contribution is -2.02. The van der Waals surface area contributed by atoms with E-state index in [9.17, 15) is 0 Å². The molecular formula is C20H18N4O. The Labute approximate surface area is 146 Å². The molecule has 0 aliphatic heterocycles. The molecule has 4 rings (SSSR count). The van der Waals surface area contributed by atoms with Crippen molar-refractivity contribution in [3.8, 4) is 17.0 Å². The summed E-state index contributed by atoms with van der Waals surface area (Å²) in [5, 5.41) is 0. The number of hydrogen-bond donors (Lipinski definition) is 0. The van der Waals surface area contributed by atoms with E-state index in [0.29, 0.717) is 12.5 Å². The topological polar surface area (TPSA) is 60.8 Å². The maximum atomic E-state index is 5.93. The van der Waals surface area contributed by atoms with Crippen LogP contribution in [0.5, 0.6) is 5.88 Å². The van der Waals surface area contributed by atoms with Gasteiger partial charge in [0.05, 0.1) is 11.4 Å². The Balaban J connectivity index is 1.73. The van der Waals surface area contributed by atoms with E-state index in [1.807, 2.05) is 36.7 Å². The molecule has 0 radical (unpaired) electrons. The van der Waals surface area contributed by atoms with Gasteiger partial charge in [-0.15, -0.1) is 0 Å². The summed E-state index contributed by atoms with van der Waals surface area (Å²) in [5.74, 6) is 0.601. The first-order chi connectivity index (χ1) is 12.3. The van der Waals surface area contributed by atoms with Crippen LogP contribution < -0.4 is 4.74 Å². The summed E-state index contributed by atoms with van der Waals surface area (Å²) in [5.41, 5.74) is 6.49. The van der Waals surface area contributed by atoms with Crippen LogP contribution in [0.2, 0.25) is 0 Å². The van der Waals surface area contributed by atoms with Gasteiger partial charge in [0, 0.05) is 30.2 Å². The van der Waals surface area contributed by atoms with Gasteiger partial charge in [0.2, 0.25) is 5.88 Å². The van der Waals surface area contributed by atoms with Crippen LogP contribution in [0.15, 0.2) is 55.3 Å². The van der Waals surface area contributed by atoms with Crippen LogP contribution in [-0.4, -0.2) is 19.9 Å². The van der Waals surface area contributed by atoms with Crippen LogP contribution in [0.4, 0.5) is 0 Å². The van der Waals surface area contributed by atoms with Crippen LogP contribution in [0.3, 0.4) is 0 Å². The van der Waals surface area contributed by atoms with Gasteiger partial charge in [0.25, 0.3) is 0 Å². The third-order valence-corrected chi connectivity index (χ3v) is 4.36. The number of pyridine rings is 2. The second kappa shape index (κ2) is 6.81. The molecule has 124 valence electrons. The quantitative estimate of drug-likeness (QED) is 0.727. The predicted molar refractivity (Wildman–Crippen MR) is 95.8 cm³/mol. The second-order valence-electron chi connectivity index (χ2n) is 5.89. The number of aromatic nitrogens is 4. The Kier molecular flexibility index (Phi) is 4.21. The SMILES string of the molecule is CC=C1CCc2c(-c3cncnc3)cc(OCc3ccccn3)nc21. The van der Waals surface area contributed by atoms with Crippen molar-refractivity contribution >= 4 is 5.57 Å². The number of rotatable bonds is 4. The highest BCUT2D eigenvalue weighted by atomic mass is 16.5. The van der Waals surface area contributed by atoms with Crippen molar-refractivity contribution in [2.75, 3.05) is 0 Å². The zero-order valence-corrected chi connectivity index (χ0v) is 14.0. The molecule has 0 saturated carbocycles. The van der Waals surface area contributed by atoms with Gasteiger partial charge < -0.3 is 4.74 Å². The van der Waals surface area contributed by atoms with Crippen LogP contribution in [0.1, 0.15) is 30.3 Å². The molecule has 0 bridgehead atoms. The molecule has 3 heterocycles. The number of allylic oxidation sites excluding steroid dienone is 2. The van der Waals surface area contributed by atoms with Crippen molar-refractivity contribution in [1.29, 1.82) is 0 Å². The van der Waals surface area contributed by atoms with Crippen LogP contribution >= 0.6 is 0 Å². The maximum absolute atomic E-state index is 5.93. The molecule has 0 N–H and O–H groups in total. The summed E-state index contributed by atoms with van der Waals surface area (Å²) in [6.45, 7) is 2.45. The molecule has 1 aliphatic rings. The monoisotopic (exact) mass is 330 g/mol. The summed E-state index contributed by atoms with van der Waals surface area (Å²) in [7, 11) is 0. The number of hydrogen-bond acceptors (Lipinski definition) is 5. The fraction of sp³-hybridized carbons (Fsp3) is 0.200. The molecular weight excluding hydrogens is 312 g/mol. The fourth-order valence-corrected chi connectivity index (χ4v) is 3.13. The predicted octanol–water partition coefficient (Wildman–Crippen LogP) is 3.86. The van der Waals surface area contributed by atoms with Crippen molar-refractivity contribution in [2.24, 2.45) is 0 Å². The first kappa shape index (κ1) is 15.4. The highest BCUT2D eigenvalue weighted by Crippen LogP contribution is 2.39. The Bertz CT molecular complexity index is 908. The zero-order chi connectivity index (χ0) is 17.1. The minimum absolute atomic E-state index is 0.391. The number of ether oxygens (including phenoxy) is 1. The van der Waals surface area contributed by atoms with E-state index in [1.165, 1.54) is 11.1 Å². The first-order valence-electron chi connectivity index (χ1n) is 8.32. The van der Waals surface area contributed by atoms with Crippen LogP contribution in [0.25, 0.3) is 16.7 Å². The van der Waals surface area contributed by atoms with Gasteiger partial charge >= 0.3 is 0 Å². The summed E-state index contributed by atoms with van der Waals surface area (Å²) in [4.78, 5) is 17.3. The molecule has 0 fully saturated rings. The van der Waals surface area contributed by atoms with E-state index < -0.39 is 0 Å². The van der Waals surface area contributed by atoms with E-state index in [0.717, 1.165) is 35.4 Å². The van der Waals surface area contributed by atoms with E-state index in [-0.39, 0.29) is 0 Å². The summed E-state index contributed by atoms with van der Waals surface area (Å²) < 4.78 is 5.93. The minimum Gasteiger partial charge on any atom is -0.471 e. The highest BCUT2D eigenvalue weighted by Gasteiger charge is 2.23. The smallest absolute Gasteiger partial charge is 0.214 e. The lowest BCUT2D eigenvalue weighted by atomic mass is 10.0. The van der Waals surface area contributed by atoms with Gasteiger partial charge in [-0.2, -0.15) is 0 Å². The van der Waals surface area contributed by atoms with E-state index in [2.05, 4.69) is 28.0 Å². The number of fused-ring (bicyclic) bond motifs is 1. The molecule has 0 unspecified atom stereocenters. The molecule has 0 aromatic carbocycles. The van der Waals surface area contributed by atoms with Crippen molar-refractivity contribution in [1.82, 2.24) is 19.9 Å². The Hall–Kier alpha value is -3.08. The van der Waals surface area contributed by atoms with E-state index >= 15 is 0 Å². The van der Waals surface area contributed by atoms with Gasteiger partial charge in [0.15, 0.2) is 0 Å². The second-order valence-corrected chi connectivity index (χ2v) is 5.89. The molecule has 3 aromatic heterocycles. The van der Waals surface area contributed by atoms with E-state index in [1.54, 1.807) is 12.5 Å². The standard InChI is InChI=1S/C20H18N4O/c1-2-14-6-7-17-18(15-10-21-13-22-11-15)9-19(24-20(14)17)25-12-16-5-3-4-8-23-16/h2-5,8-11,13H,6-7,12H2,1H3. The van der Waals surface area contributed by atoms with Gasteiger partial charge in [0.1, 0.15) is 12.9 Å². The van der Waals surface area contributed by atoms with Crippen LogP contribution in [-0.2, 0) is 13.0 Å². The van der Waals surface area contributed by atoms with Crippen molar-refractivity contribution < 1.29 is 4.74 Å². The van der Waals surface area contributed by atoms with Crippen molar-refractivity contribution in [3.63, 3.8) is 0 Å². The van der Waals surface area contributed by atoms with Gasteiger partial charge in [-0.1, -0.05) is 12.1 Å². The maximum Gasteiger partial charge on any atom is 0.214 e. The van der Waals surface area contributed by atoms with Crippen molar-refractivity contribution in [2.45, 2.75) is 26.4 Å². The van der Waals surface area contributed by atoms with Crippen molar-refractivity contribution in [3.05, 3.63) is 72.2 Å². The third kappa shape index (κ3) is 3.13. The molecule has 0 saturated heterocycles. The third-order valence-electron chi connectivity index (χ3n) is 4.36. The summed E-state index contributed by atoms with van der Waals surface area (Å²) >= 11 is 0. The van der Waals surface area contributed by atoms with Gasteiger partial charge in [-0.05, 0) is 48.6 Å². The molecule has 5 nitrogen and oxygen atoms in total. The fourth-order valence-electron chi connectivity index (χ4n) is 3.13. The first-order valence-corrected chi connectivity index (χ1v) is 8.32. The Morgan fingerprint density at radius 2 is 2.04 bits per heavy atom. The average molecular weight is 330 g/mol. The molecule has 3 aromatic rings. The van der Waals surface area contributed by atoms with Gasteiger partial charge in [-0.25, -0.2) is 15.0 Å². The van der Waals surface area contributed by atoms with Crippen LogP contribution in [0, 0.1) is 0 Å². The average Bonchev–Trinajstić information content (AvgIpc) is 3.10. The normalized spacial score (nSPS) is 14.5. The number of nitrogens with zero attached hydrogens (tertiary/aromatic N) is 4. The lowest BCUT2D eigenvalue weighted by molar-refractivity contribution is 0.289. The highest BCUT2D eigenvalue weighted by molar-refractivity contribution is 5.79. The van der Waals surface area contributed by atoms with Gasteiger partial charge in [-0.3, -0.25) is 4.98 Å². The molecule has 0 amide bonds. The van der Waals surface area contributed by atoms with E-state index in [4.69, 9.17) is 9.72 Å². The summed E-state index contributed by atoms with van der Waals surface area (Å²) in [6.07, 6.45) is 11.1. The Morgan fingerprint density at radius 3 is 2.80 bits per heavy atom. The minimum atomic E-state index is 0.391. The molecule has 5 heteroatoms. The largest absolute Gasteiger partial charge is 0.471 e. The Morgan fingerprint density at radius 1 is 1.16 bits per heavy atom. The molecule has 0 spiro atoms.